The van der Waals surface area contributed by atoms with Crippen LogP contribution in [0.25, 0.3) is 0 Å². The third-order valence-corrected chi connectivity index (χ3v) is 3.86. The normalized spacial score (nSPS) is 44.1. The fraction of sp³-hybridized carbons (Fsp3) is 1.00. The second kappa shape index (κ2) is 4.63. The SMILES string of the molecule is C[C@H]1CC[C@@H](NC2CCC(O)CC2)C1. The van der Waals surface area contributed by atoms with Gasteiger partial charge < -0.3 is 10.4 Å². The molecule has 0 heterocycles. The van der Waals surface area contributed by atoms with Crippen molar-refractivity contribution in [3.63, 3.8) is 0 Å². The molecule has 0 unspecified atom stereocenters. The summed E-state index contributed by atoms with van der Waals surface area (Å²) in [5, 5.41) is 13.2. The van der Waals surface area contributed by atoms with E-state index in [0.29, 0.717) is 6.04 Å². The van der Waals surface area contributed by atoms with Crippen LogP contribution in [-0.2, 0) is 0 Å². The average Bonchev–Trinajstić information content (AvgIpc) is 2.56. The van der Waals surface area contributed by atoms with E-state index in [9.17, 15) is 5.11 Å². The van der Waals surface area contributed by atoms with Crippen LogP contribution in [0.5, 0.6) is 0 Å². The summed E-state index contributed by atoms with van der Waals surface area (Å²) >= 11 is 0. The first-order chi connectivity index (χ1) is 6.74. The maximum Gasteiger partial charge on any atom is 0.0541 e. The van der Waals surface area contributed by atoms with Crippen molar-refractivity contribution in [1.29, 1.82) is 0 Å². The van der Waals surface area contributed by atoms with Crippen molar-refractivity contribution in [2.45, 2.75) is 70.1 Å². The van der Waals surface area contributed by atoms with Crippen molar-refractivity contribution < 1.29 is 5.11 Å². The molecule has 2 atom stereocenters. The summed E-state index contributed by atoms with van der Waals surface area (Å²) in [6.45, 7) is 2.35. The van der Waals surface area contributed by atoms with E-state index in [1.54, 1.807) is 0 Å². The first-order valence-corrected chi connectivity index (χ1v) is 6.18. The van der Waals surface area contributed by atoms with Crippen LogP contribution in [0.15, 0.2) is 0 Å². The molecule has 82 valence electrons. The average molecular weight is 197 g/mol. The molecule has 2 rings (SSSR count). The number of aliphatic hydroxyl groups is 1. The van der Waals surface area contributed by atoms with Crippen molar-refractivity contribution in [3.8, 4) is 0 Å². The van der Waals surface area contributed by atoms with Crippen LogP contribution in [0.3, 0.4) is 0 Å². The Balaban J connectivity index is 1.70. The van der Waals surface area contributed by atoms with Gasteiger partial charge in [0.2, 0.25) is 0 Å². The van der Waals surface area contributed by atoms with Crippen LogP contribution in [0.2, 0.25) is 0 Å². The quantitative estimate of drug-likeness (QED) is 0.710. The third-order valence-electron chi connectivity index (χ3n) is 3.86. The summed E-state index contributed by atoms with van der Waals surface area (Å²) in [5.41, 5.74) is 0. The Morgan fingerprint density at radius 3 is 2.14 bits per heavy atom. The Morgan fingerprint density at radius 1 is 0.929 bits per heavy atom. The van der Waals surface area contributed by atoms with Gasteiger partial charge in [0.1, 0.15) is 0 Å². The van der Waals surface area contributed by atoms with Gasteiger partial charge in [-0.05, 0) is 50.9 Å². The molecule has 2 fully saturated rings. The number of nitrogens with one attached hydrogen (secondary N) is 1. The monoisotopic (exact) mass is 197 g/mol. The minimum absolute atomic E-state index is 0.0180. The van der Waals surface area contributed by atoms with Gasteiger partial charge in [0.25, 0.3) is 0 Å². The minimum Gasteiger partial charge on any atom is -0.393 e. The second-order valence-corrected chi connectivity index (χ2v) is 5.29. The Kier molecular flexibility index (Phi) is 3.45. The molecule has 0 bridgehead atoms. The van der Waals surface area contributed by atoms with E-state index in [2.05, 4.69) is 12.2 Å². The third kappa shape index (κ3) is 2.71. The molecule has 2 N–H and O–H groups in total. The lowest BCUT2D eigenvalue weighted by atomic mass is 9.92. The summed E-state index contributed by atoms with van der Waals surface area (Å²) in [6.07, 6.45) is 8.44. The van der Waals surface area contributed by atoms with Crippen molar-refractivity contribution in [1.82, 2.24) is 5.32 Å². The molecule has 0 spiro atoms. The highest BCUT2D eigenvalue weighted by atomic mass is 16.3. The van der Waals surface area contributed by atoms with Gasteiger partial charge in [-0.1, -0.05) is 6.92 Å². The topological polar surface area (TPSA) is 32.3 Å². The molecule has 14 heavy (non-hydrogen) atoms. The maximum absolute atomic E-state index is 9.40. The van der Waals surface area contributed by atoms with Gasteiger partial charge in [-0.2, -0.15) is 0 Å². The van der Waals surface area contributed by atoms with E-state index in [0.717, 1.165) is 24.8 Å². The fourth-order valence-electron chi connectivity index (χ4n) is 2.93. The largest absolute Gasteiger partial charge is 0.393 e. The molecule has 0 aromatic carbocycles. The Morgan fingerprint density at radius 2 is 1.57 bits per heavy atom. The van der Waals surface area contributed by atoms with Crippen molar-refractivity contribution in [2.75, 3.05) is 0 Å². The molecular weight excluding hydrogens is 174 g/mol. The molecule has 2 nitrogen and oxygen atoms in total. The summed E-state index contributed by atoms with van der Waals surface area (Å²) < 4.78 is 0. The molecule has 2 aliphatic carbocycles. The minimum atomic E-state index is -0.0180. The van der Waals surface area contributed by atoms with Crippen LogP contribution in [0.1, 0.15) is 51.9 Å². The van der Waals surface area contributed by atoms with Crippen LogP contribution in [0, 0.1) is 5.92 Å². The summed E-state index contributed by atoms with van der Waals surface area (Å²) in [6, 6.07) is 1.46. The van der Waals surface area contributed by atoms with Gasteiger partial charge in [0.05, 0.1) is 6.10 Å². The van der Waals surface area contributed by atoms with E-state index in [1.165, 1.54) is 32.1 Å². The summed E-state index contributed by atoms with van der Waals surface area (Å²) in [4.78, 5) is 0. The Bertz CT molecular complexity index is 175. The molecule has 0 amide bonds. The molecular formula is C12H23NO. The van der Waals surface area contributed by atoms with Crippen LogP contribution < -0.4 is 5.32 Å². The van der Waals surface area contributed by atoms with Crippen LogP contribution in [-0.4, -0.2) is 23.3 Å². The molecule has 0 saturated heterocycles. The van der Waals surface area contributed by atoms with Gasteiger partial charge in [-0.15, -0.1) is 0 Å². The Hall–Kier alpha value is -0.0800. The molecule has 0 aromatic rings. The van der Waals surface area contributed by atoms with E-state index in [1.807, 2.05) is 0 Å². The lowest BCUT2D eigenvalue weighted by Crippen LogP contribution is -2.40. The van der Waals surface area contributed by atoms with Gasteiger partial charge in [-0.25, -0.2) is 0 Å². The Labute approximate surface area is 87.1 Å². The van der Waals surface area contributed by atoms with E-state index in [-0.39, 0.29) is 6.10 Å². The van der Waals surface area contributed by atoms with Gasteiger partial charge >= 0.3 is 0 Å². The smallest absolute Gasteiger partial charge is 0.0541 e. The zero-order valence-corrected chi connectivity index (χ0v) is 9.21. The van der Waals surface area contributed by atoms with E-state index < -0.39 is 0 Å². The highest BCUT2D eigenvalue weighted by Gasteiger charge is 2.25. The summed E-state index contributed by atoms with van der Waals surface area (Å²) in [7, 11) is 0. The zero-order chi connectivity index (χ0) is 9.97. The van der Waals surface area contributed by atoms with Crippen LogP contribution in [0.4, 0.5) is 0 Å². The van der Waals surface area contributed by atoms with E-state index in [4.69, 9.17) is 0 Å². The molecule has 0 radical (unpaired) electrons. The van der Waals surface area contributed by atoms with Gasteiger partial charge in [0, 0.05) is 12.1 Å². The lowest BCUT2D eigenvalue weighted by molar-refractivity contribution is 0.114. The standard InChI is InChI=1S/C12H23NO/c1-9-2-3-11(8-9)13-10-4-6-12(14)7-5-10/h9-14H,2-8H2,1H3/t9-,10?,11+,12?/m0/s1. The summed E-state index contributed by atoms with van der Waals surface area (Å²) in [5.74, 6) is 0.918. The highest BCUT2D eigenvalue weighted by molar-refractivity contribution is 4.84. The molecule has 2 aliphatic rings. The van der Waals surface area contributed by atoms with Crippen molar-refractivity contribution >= 4 is 0 Å². The highest BCUT2D eigenvalue weighted by Crippen LogP contribution is 2.27. The van der Waals surface area contributed by atoms with Crippen LogP contribution >= 0.6 is 0 Å². The zero-order valence-electron chi connectivity index (χ0n) is 9.21. The first-order valence-electron chi connectivity index (χ1n) is 6.18. The number of hydrogen-bond donors (Lipinski definition) is 2. The molecule has 2 heteroatoms. The molecule has 2 saturated carbocycles. The number of aliphatic hydroxyl groups excluding tert-OH is 1. The number of rotatable bonds is 2. The van der Waals surface area contributed by atoms with Gasteiger partial charge in [0.15, 0.2) is 0 Å². The lowest BCUT2D eigenvalue weighted by Gasteiger charge is -2.29. The molecule has 0 aromatic heterocycles. The van der Waals surface area contributed by atoms with Crippen molar-refractivity contribution in [2.24, 2.45) is 5.92 Å². The number of hydrogen-bond acceptors (Lipinski definition) is 2. The van der Waals surface area contributed by atoms with Gasteiger partial charge in [-0.3, -0.25) is 0 Å². The molecule has 0 aliphatic heterocycles. The van der Waals surface area contributed by atoms with E-state index >= 15 is 0 Å². The predicted octanol–water partition coefficient (Wildman–Crippen LogP) is 2.07. The fourth-order valence-corrected chi connectivity index (χ4v) is 2.93. The first kappa shape index (κ1) is 10.4. The van der Waals surface area contributed by atoms with Crippen molar-refractivity contribution in [3.05, 3.63) is 0 Å². The maximum atomic E-state index is 9.40. The predicted molar refractivity (Wildman–Crippen MR) is 58.2 cm³/mol. The second-order valence-electron chi connectivity index (χ2n) is 5.29.